The SMILES string of the molecule is O=C(Cc1c(F)c(F)c(F)c(F)c1F)Nc1ccccc1SC(F)F. The van der Waals surface area contributed by atoms with Crippen LogP contribution in [0.25, 0.3) is 0 Å². The molecule has 0 aliphatic rings. The fourth-order valence-corrected chi connectivity index (χ4v) is 2.52. The molecule has 10 heteroatoms. The quantitative estimate of drug-likeness (QED) is 0.345. The number of rotatable bonds is 5. The minimum Gasteiger partial charge on any atom is -0.325 e. The van der Waals surface area contributed by atoms with Gasteiger partial charge in [-0.3, -0.25) is 4.79 Å². The molecule has 0 bridgehead atoms. The van der Waals surface area contributed by atoms with Gasteiger partial charge in [0.05, 0.1) is 12.1 Å². The van der Waals surface area contributed by atoms with E-state index in [9.17, 15) is 35.5 Å². The summed E-state index contributed by atoms with van der Waals surface area (Å²) in [5.74, 6) is -14.8. The number of alkyl halides is 2. The number of hydrogen-bond donors (Lipinski definition) is 1. The molecule has 0 fully saturated rings. The first-order valence-electron chi connectivity index (χ1n) is 6.56. The van der Waals surface area contributed by atoms with Gasteiger partial charge < -0.3 is 5.32 Å². The van der Waals surface area contributed by atoms with E-state index in [2.05, 4.69) is 5.32 Å². The highest BCUT2D eigenvalue weighted by molar-refractivity contribution is 7.99. The van der Waals surface area contributed by atoms with Gasteiger partial charge in [0.2, 0.25) is 11.7 Å². The Hall–Kier alpha value is -2.23. The molecular formula is C15H8F7NOS. The molecular weight excluding hydrogens is 375 g/mol. The van der Waals surface area contributed by atoms with Gasteiger partial charge in [-0.15, -0.1) is 0 Å². The number of benzene rings is 2. The number of hydrogen-bond acceptors (Lipinski definition) is 2. The Labute approximate surface area is 141 Å². The van der Waals surface area contributed by atoms with Crippen LogP contribution in [-0.2, 0) is 11.2 Å². The Morgan fingerprint density at radius 3 is 2.00 bits per heavy atom. The van der Waals surface area contributed by atoms with Crippen LogP contribution >= 0.6 is 11.8 Å². The lowest BCUT2D eigenvalue weighted by Crippen LogP contribution is -2.18. The average Bonchev–Trinajstić information content (AvgIpc) is 2.56. The summed E-state index contributed by atoms with van der Waals surface area (Å²) in [5.41, 5.74) is -1.39. The zero-order valence-corrected chi connectivity index (χ0v) is 12.9. The number of carbonyl (C=O) groups excluding carboxylic acids is 1. The molecule has 0 spiro atoms. The van der Waals surface area contributed by atoms with Crippen LogP contribution in [0.3, 0.4) is 0 Å². The molecule has 25 heavy (non-hydrogen) atoms. The molecule has 0 aliphatic heterocycles. The van der Waals surface area contributed by atoms with Crippen LogP contribution in [0.4, 0.5) is 36.4 Å². The Balaban J connectivity index is 2.25. The van der Waals surface area contributed by atoms with Crippen molar-refractivity contribution in [2.75, 3.05) is 5.32 Å². The van der Waals surface area contributed by atoms with Crippen molar-refractivity contribution < 1.29 is 35.5 Å². The summed E-state index contributed by atoms with van der Waals surface area (Å²) in [6.07, 6.45) is -1.17. The summed E-state index contributed by atoms with van der Waals surface area (Å²) in [4.78, 5) is 11.8. The van der Waals surface area contributed by atoms with Crippen LogP contribution in [-0.4, -0.2) is 11.7 Å². The molecule has 0 aliphatic carbocycles. The van der Waals surface area contributed by atoms with Crippen molar-refractivity contribution >= 4 is 23.4 Å². The molecule has 0 saturated carbocycles. The molecule has 134 valence electrons. The molecule has 2 nitrogen and oxygen atoms in total. The number of amides is 1. The Morgan fingerprint density at radius 2 is 1.44 bits per heavy atom. The van der Waals surface area contributed by atoms with Gasteiger partial charge in [-0.2, -0.15) is 8.78 Å². The van der Waals surface area contributed by atoms with E-state index in [4.69, 9.17) is 0 Å². The second-order valence-corrected chi connectivity index (χ2v) is 5.68. The maximum atomic E-state index is 13.5. The first-order valence-corrected chi connectivity index (χ1v) is 7.44. The molecule has 0 heterocycles. The van der Waals surface area contributed by atoms with Gasteiger partial charge in [0.1, 0.15) is 0 Å². The van der Waals surface area contributed by atoms with Crippen LogP contribution < -0.4 is 5.32 Å². The van der Waals surface area contributed by atoms with Gasteiger partial charge >= 0.3 is 0 Å². The molecule has 0 saturated heterocycles. The summed E-state index contributed by atoms with van der Waals surface area (Å²) in [6.45, 7) is 0. The van der Waals surface area contributed by atoms with Gasteiger partial charge in [0.15, 0.2) is 23.3 Å². The molecule has 1 amide bonds. The molecule has 2 rings (SSSR count). The number of anilines is 1. The third-order valence-corrected chi connectivity index (χ3v) is 3.80. The smallest absolute Gasteiger partial charge is 0.288 e. The lowest BCUT2D eigenvalue weighted by Gasteiger charge is -2.11. The predicted octanol–water partition coefficient (Wildman–Crippen LogP) is 4.88. The number of halogens is 7. The van der Waals surface area contributed by atoms with Gasteiger partial charge in [-0.05, 0) is 12.1 Å². The lowest BCUT2D eigenvalue weighted by molar-refractivity contribution is -0.115. The second-order valence-electron chi connectivity index (χ2n) is 4.65. The first-order chi connectivity index (χ1) is 11.7. The molecule has 2 aromatic carbocycles. The van der Waals surface area contributed by atoms with Crippen molar-refractivity contribution in [1.29, 1.82) is 0 Å². The predicted molar refractivity (Wildman–Crippen MR) is 76.9 cm³/mol. The zero-order chi connectivity index (χ0) is 18.7. The van der Waals surface area contributed by atoms with E-state index in [1.807, 2.05) is 0 Å². The third kappa shape index (κ3) is 4.25. The van der Waals surface area contributed by atoms with Crippen molar-refractivity contribution in [2.45, 2.75) is 17.1 Å². The maximum Gasteiger partial charge on any atom is 0.288 e. The van der Waals surface area contributed by atoms with Gasteiger partial charge in [0, 0.05) is 10.5 Å². The topological polar surface area (TPSA) is 29.1 Å². The standard InChI is InChI=1S/C15H8F7NOS/c16-10-6(11(17)13(19)14(20)12(10)18)5-9(24)23-7-3-1-2-4-8(7)25-15(21)22/h1-4,15H,5H2,(H,23,24). The fraction of sp³-hybridized carbons (Fsp3) is 0.133. The summed E-state index contributed by atoms with van der Waals surface area (Å²) in [6, 6.07) is 5.35. The van der Waals surface area contributed by atoms with E-state index < -0.39 is 52.7 Å². The Morgan fingerprint density at radius 1 is 0.920 bits per heavy atom. The largest absolute Gasteiger partial charge is 0.325 e. The molecule has 2 aromatic rings. The van der Waals surface area contributed by atoms with E-state index in [1.54, 1.807) is 0 Å². The molecule has 0 atom stereocenters. The van der Waals surface area contributed by atoms with Gasteiger partial charge in [-0.25, -0.2) is 22.0 Å². The summed E-state index contributed by atoms with van der Waals surface area (Å²) < 4.78 is 91.2. The molecule has 0 radical (unpaired) electrons. The van der Waals surface area contributed by atoms with Gasteiger partial charge in [-0.1, -0.05) is 23.9 Å². The molecule has 1 N–H and O–H groups in total. The zero-order valence-electron chi connectivity index (χ0n) is 12.1. The normalized spacial score (nSPS) is 11.0. The van der Waals surface area contributed by atoms with E-state index in [0.717, 1.165) is 0 Å². The number of nitrogens with one attached hydrogen (secondary N) is 1. The van der Waals surface area contributed by atoms with Crippen molar-refractivity contribution in [3.63, 3.8) is 0 Å². The Bertz CT molecular complexity index is 784. The lowest BCUT2D eigenvalue weighted by atomic mass is 10.1. The molecule has 0 unspecified atom stereocenters. The van der Waals surface area contributed by atoms with E-state index in [0.29, 0.717) is 0 Å². The van der Waals surface area contributed by atoms with E-state index >= 15 is 0 Å². The highest BCUT2D eigenvalue weighted by atomic mass is 32.2. The third-order valence-electron chi connectivity index (χ3n) is 3.02. The van der Waals surface area contributed by atoms with Crippen LogP contribution in [0, 0.1) is 29.1 Å². The minimum atomic E-state index is -2.78. The van der Waals surface area contributed by atoms with E-state index in [1.165, 1.54) is 24.3 Å². The van der Waals surface area contributed by atoms with Crippen molar-refractivity contribution in [2.24, 2.45) is 0 Å². The average molecular weight is 383 g/mol. The van der Waals surface area contributed by atoms with Crippen LogP contribution in [0.1, 0.15) is 5.56 Å². The van der Waals surface area contributed by atoms with Crippen molar-refractivity contribution in [1.82, 2.24) is 0 Å². The maximum absolute atomic E-state index is 13.5. The van der Waals surface area contributed by atoms with Gasteiger partial charge in [0.25, 0.3) is 5.76 Å². The summed E-state index contributed by atoms with van der Waals surface area (Å²) in [7, 11) is 0. The first kappa shape index (κ1) is 19.1. The second kappa shape index (κ2) is 7.77. The van der Waals surface area contributed by atoms with Crippen molar-refractivity contribution in [3.05, 3.63) is 58.9 Å². The number of thioether (sulfide) groups is 1. The van der Waals surface area contributed by atoms with Crippen LogP contribution in [0.2, 0.25) is 0 Å². The van der Waals surface area contributed by atoms with Crippen LogP contribution in [0.15, 0.2) is 29.2 Å². The summed E-state index contributed by atoms with van der Waals surface area (Å²) in [5, 5.41) is 2.11. The van der Waals surface area contributed by atoms with Crippen molar-refractivity contribution in [3.8, 4) is 0 Å². The van der Waals surface area contributed by atoms with E-state index in [-0.39, 0.29) is 22.3 Å². The fourth-order valence-electron chi connectivity index (χ4n) is 1.93. The highest BCUT2D eigenvalue weighted by Gasteiger charge is 2.27. The minimum absolute atomic E-state index is 0.0248. The summed E-state index contributed by atoms with van der Waals surface area (Å²) >= 11 is 0.121. The Kier molecular flexibility index (Phi) is 5.93. The number of para-hydroxylation sites is 1. The van der Waals surface area contributed by atoms with Crippen LogP contribution in [0.5, 0.6) is 0 Å². The highest BCUT2D eigenvalue weighted by Crippen LogP contribution is 2.32. The number of carbonyl (C=O) groups is 1. The molecule has 0 aromatic heterocycles. The monoisotopic (exact) mass is 383 g/mol.